The van der Waals surface area contributed by atoms with Crippen LogP contribution in [0, 0.1) is 0 Å². The van der Waals surface area contributed by atoms with Gasteiger partial charge in [0.15, 0.2) is 0 Å². The van der Waals surface area contributed by atoms with Gasteiger partial charge in [0.05, 0.1) is 23.8 Å². The van der Waals surface area contributed by atoms with Gasteiger partial charge in [-0.3, -0.25) is 4.31 Å². The maximum absolute atomic E-state index is 12.7. The molecule has 0 aromatic heterocycles. The summed E-state index contributed by atoms with van der Waals surface area (Å²) in [7, 11) is -3.91. The van der Waals surface area contributed by atoms with Crippen molar-refractivity contribution < 1.29 is 31.1 Å². The average molecular weight is 378 g/mol. The minimum Gasteiger partial charge on any atom is -0.463 e. The van der Waals surface area contributed by atoms with Crippen molar-refractivity contribution in [3.05, 3.63) is 47.2 Å². The molecule has 0 saturated heterocycles. The van der Waals surface area contributed by atoms with Gasteiger partial charge in [-0.1, -0.05) is 12.1 Å². The quantitative estimate of drug-likeness (QED) is 0.817. The van der Waals surface area contributed by atoms with Gasteiger partial charge in [-0.2, -0.15) is 26.3 Å². The van der Waals surface area contributed by atoms with Gasteiger partial charge in [0.25, 0.3) is 0 Å². The number of hydrogen-bond acceptors (Lipinski definition) is 4. The van der Waals surface area contributed by atoms with Crippen LogP contribution in [0.1, 0.15) is 31.0 Å². The summed E-state index contributed by atoms with van der Waals surface area (Å²) in [5.74, 6) is -0.742. The summed E-state index contributed by atoms with van der Waals surface area (Å²) >= 11 is 0. The van der Waals surface area contributed by atoms with E-state index >= 15 is 0 Å². The van der Waals surface area contributed by atoms with E-state index in [4.69, 9.17) is 4.74 Å². The highest BCUT2D eigenvalue weighted by atomic mass is 32.2. The van der Waals surface area contributed by atoms with Crippen molar-refractivity contribution in [3.63, 3.8) is 0 Å². The Labute approximate surface area is 143 Å². The Morgan fingerprint density at radius 2 is 1.84 bits per heavy atom. The lowest BCUT2D eigenvalue weighted by atomic mass is 9.98. The number of nitrogens with zero attached hydrogens (tertiary/aromatic N) is 1. The molecular formula is C15H17F3N2O4S. The lowest BCUT2D eigenvalue weighted by Crippen LogP contribution is -2.45. The fourth-order valence-electron chi connectivity index (χ4n) is 2.34. The number of benzene rings is 1. The van der Waals surface area contributed by atoms with Crippen LogP contribution in [0.4, 0.5) is 13.2 Å². The van der Waals surface area contributed by atoms with Crippen LogP contribution < -0.4 is 4.72 Å². The van der Waals surface area contributed by atoms with E-state index in [1.165, 1.54) is 0 Å². The van der Waals surface area contributed by atoms with E-state index < -0.39 is 34.0 Å². The molecular weight excluding hydrogens is 361 g/mol. The maximum Gasteiger partial charge on any atom is 0.416 e. The predicted molar refractivity (Wildman–Crippen MR) is 83.3 cm³/mol. The molecule has 0 aliphatic carbocycles. The molecule has 0 amide bonds. The Hall–Kier alpha value is -2.07. The van der Waals surface area contributed by atoms with Crippen molar-refractivity contribution >= 4 is 16.2 Å². The second-order valence-corrected chi connectivity index (χ2v) is 6.84. The standard InChI is InChI=1S/C15H17F3N2O4S/c1-3-20-9-12(14(21)24-4-2)13(19-25(20,22)23)10-5-7-11(8-6-10)15(16,17)18/h5-9,13,19H,3-4H2,1-2H3. The number of esters is 1. The van der Waals surface area contributed by atoms with Crippen LogP contribution in [0.2, 0.25) is 0 Å². The van der Waals surface area contributed by atoms with Crippen LogP contribution >= 0.6 is 0 Å². The number of hydrogen-bond donors (Lipinski definition) is 1. The number of halogens is 3. The van der Waals surface area contributed by atoms with E-state index in [0.29, 0.717) is 0 Å². The first-order valence-electron chi connectivity index (χ1n) is 7.45. The molecule has 1 aromatic rings. The van der Waals surface area contributed by atoms with E-state index in [-0.39, 0.29) is 24.3 Å². The molecule has 1 N–H and O–H groups in total. The molecule has 1 heterocycles. The third-order valence-electron chi connectivity index (χ3n) is 3.56. The van der Waals surface area contributed by atoms with E-state index in [1.807, 2.05) is 0 Å². The maximum atomic E-state index is 12.7. The molecule has 0 spiro atoms. The number of rotatable bonds is 4. The summed E-state index contributed by atoms with van der Waals surface area (Å²) in [4.78, 5) is 12.1. The van der Waals surface area contributed by atoms with Crippen LogP contribution in [0.3, 0.4) is 0 Å². The molecule has 6 nitrogen and oxygen atoms in total. The summed E-state index contributed by atoms with van der Waals surface area (Å²) in [6.45, 7) is 3.33. The first-order chi connectivity index (χ1) is 11.6. The van der Waals surface area contributed by atoms with Gasteiger partial charge in [0, 0.05) is 12.7 Å². The molecule has 0 saturated carbocycles. The number of carbonyl (C=O) groups excluding carboxylic acids is 1. The summed E-state index contributed by atoms with van der Waals surface area (Å²) < 4.78 is 70.6. The molecule has 0 bridgehead atoms. The highest BCUT2D eigenvalue weighted by Crippen LogP contribution is 2.33. The van der Waals surface area contributed by atoms with Gasteiger partial charge in [-0.25, -0.2) is 4.79 Å². The summed E-state index contributed by atoms with van der Waals surface area (Å²) in [5, 5.41) is 0. The van der Waals surface area contributed by atoms with Crippen LogP contribution in [0.5, 0.6) is 0 Å². The lowest BCUT2D eigenvalue weighted by molar-refractivity contribution is -0.139. The Morgan fingerprint density at radius 1 is 1.24 bits per heavy atom. The average Bonchev–Trinajstić information content (AvgIpc) is 2.53. The monoisotopic (exact) mass is 378 g/mol. The zero-order valence-electron chi connectivity index (χ0n) is 13.5. The Bertz CT molecular complexity index is 773. The van der Waals surface area contributed by atoms with Crippen molar-refractivity contribution in [1.82, 2.24) is 9.03 Å². The van der Waals surface area contributed by atoms with Crippen molar-refractivity contribution in [2.75, 3.05) is 13.2 Å². The van der Waals surface area contributed by atoms with Crippen molar-refractivity contribution in [3.8, 4) is 0 Å². The third kappa shape index (κ3) is 4.13. The first kappa shape index (κ1) is 19.3. The van der Waals surface area contributed by atoms with Crippen LogP contribution in [0.25, 0.3) is 0 Å². The zero-order chi connectivity index (χ0) is 18.8. The SMILES string of the molecule is CCOC(=O)C1=CN(CC)S(=O)(=O)NC1c1ccc(C(F)(F)F)cc1. The number of alkyl halides is 3. The highest BCUT2D eigenvalue weighted by molar-refractivity contribution is 7.87. The van der Waals surface area contributed by atoms with Gasteiger partial charge in [0.2, 0.25) is 0 Å². The Kier molecular flexibility index (Phi) is 5.43. The molecule has 1 aliphatic rings. The Balaban J connectivity index is 2.47. The second kappa shape index (κ2) is 7.04. The highest BCUT2D eigenvalue weighted by Gasteiger charge is 2.36. The van der Waals surface area contributed by atoms with E-state index in [0.717, 1.165) is 34.8 Å². The fraction of sp³-hybridized carbons (Fsp3) is 0.400. The van der Waals surface area contributed by atoms with E-state index in [1.54, 1.807) is 13.8 Å². The number of ether oxygens (including phenoxy) is 1. The normalized spacial score (nSPS) is 20.1. The summed E-state index contributed by atoms with van der Waals surface area (Å²) in [6, 6.07) is 2.79. The molecule has 1 atom stereocenters. The molecule has 1 unspecified atom stereocenters. The molecule has 1 aromatic carbocycles. The largest absolute Gasteiger partial charge is 0.463 e. The van der Waals surface area contributed by atoms with E-state index in [9.17, 15) is 26.4 Å². The number of carbonyl (C=O) groups is 1. The van der Waals surface area contributed by atoms with Gasteiger partial charge >= 0.3 is 22.4 Å². The topological polar surface area (TPSA) is 75.7 Å². The second-order valence-electron chi connectivity index (χ2n) is 5.18. The van der Waals surface area contributed by atoms with Crippen molar-refractivity contribution in [1.29, 1.82) is 0 Å². The van der Waals surface area contributed by atoms with Gasteiger partial charge in [0.1, 0.15) is 0 Å². The van der Waals surface area contributed by atoms with Crippen LogP contribution in [-0.4, -0.2) is 31.8 Å². The van der Waals surface area contributed by atoms with Gasteiger partial charge in [-0.05, 0) is 31.5 Å². The minimum atomic E-state index is -4.51. The molecule has 2 rings (SSSR count). The van der Waals surface area contributed by atoms with Crippen LogP contribution in [-0.2, 0) is 25.9 Å². The molecule has 138 valence electrons. The Morgan fingerprint density at radius 3 is 2.32 bits per heavy atom. The summed E-state index contributed by atoms with van der Waals surface area (Å²) in [5.41, 5.74) is -0.670. The predicted octanol–water partition coefficient (Wildman–Crippen LogP) is 2.36. The fourth-order valence-corrected chi connectivity index (χ4v) is 3.63. The van der Waals surface area contributed by atoms with Crippen molar-refractivity contribution in [2.45, 2.75) is 26.1 Å². The lowest BCUT2D eigenvalue weighted by Gasteiger charge is -2.31. The minimum absolute atomic E-state index is 0.00159. The zero-order valence-corrected chi connectivity index (χ0v) is 14.3. The molecule has 0 radical (unpaired) electrons. The van der Waals surface area contributed by atoms with Crippen molar-refractivity contribution in [2.24, 2.45) is 0 Å². The van der Waals surface area contributed by atoms with Crippen LogP contribution in [0.15, 0.2) is 36.0 Å². The van der Waals surface area contributed by atoms with E-state index in [2.05, 4.69) is 4.72 Å². The first-order valence-corrected chi connectivity index (χ1v) is 8.89. The third-order valence-corrected chi connectivity index (χ3v) is 5.08. The molecule has 10 heteroatoms. The molecule has 0 fully saturated rings. The van der Waals surface area contributed by atoms with Gasteiger partial charge < -0.3 is 4.74 Å². The molecule has 1 aliphatic heterocycles. The smallest absolute Gasteiger partial charge is 0.416 e. The summed E-state index contributed by atoms with van der Waals surface area (Å²) in [6.07, 6.45) is -3.37. The number of nitrogens with one attached hydrogen (secondary N) is 1. The van der Waals surface area contributed by atoms with Gasteiger partial charge in [-0.15, -0.1) is 0 Å². The molecule has 25 heavy (non-hydrogen) atoms.